The Morgan fingerprint density at radius 3 is 2.87 bits per heavy atom. The number of carbonyl (C=O) groups excluding carboxylic acids is 1. The van der Waals surface area contributed by atoms with Gasteiger partial charge in [0.2, 0.25) is 0 Å². The summed E-state index contributed by atoms with van der Waals surface area (Å²) in [6.45, 7) is 5.21. The van der Waals surface area contributed by atoms with E-state index in [9.17, 15) is 4.79 Å². The van der Waals surface area contributed by atoms with Crippen LogP contribution in [-0.2, 0) is 15.9 Å². The van der Waals surface area contributed by atoms with Gasteiger partial charge in [0.05, 0.1) is 13.2 Å². The molecule has 0 aliphatic rings. The number of aromatic nitrogens is 3. The third-order valence-corrected chi connectivity index (χ3v) is 1.68. The quantitative estimate of drug-likeness (QED) is 0.552. The molecule has 0 saturated heterocycles. The van der Waals surface area contributed by atoms with Crippen molar-refractivity contribution in [2.24, 2.45) is 0 Å². The summed E-state index contributed by atoms with van der Waals surface area (Å²) < 4.78 is 9.90. The highest BCUT2D eigenvalue weighted by Crippen LogP contribution is 1.97. The molecule has 0 aliphatic heterocycles. The molecule has 6 nitrogen and oxygen atoms in total. The second-order valence-electron chi connectivity index (χ2n) is 2.77. The number of rotatable bonds is 6. The molecule has 0 radical (unpaired) electrons. The normalized spacial score (nSPS) is 10.3. The Morgan fingerprint density at radius 1 is 1.40 bits per heavy atom. The third kappa shape index (κ3) is 3.67. The minimum absolute atomic E-state index is 0.0725. The van der Waals surface area contributed by atoms with E-state index >= 15 is 0 Å². The van der Waals surface area contributed by atoms with Crippen LogP contribution >= 0.6 is 0 Å². The van der Waals surface area contributed by atoms with Crippen LogP contribution in [0.4, 0.5) is 0 Å². The fourth-order valence-electron chi connectivity index (χ4n) is 1.01. The van der Waals surface area contributed by atoms with Gasteiger partial charge in [-0.15, -0.1) is 5.10 Å². The summed E-state index contributed by atoms with van der Waals surface area (Å²) in [6.07, 6.45) is 0.611. The zero-order chi connectivity index (χ0) is 11.1. The standard InChI is InChI=1S/C9H15N3O3/c1-3-14-6-5-7-10-8(12-11-7)9(13)15-4-2/h3-6H2,1-2H3,(H,10,11,12). The summed E-state index contributed by atoms with van der Waals surface area (Å²) in [5.41, 5.74) is 0. The van der Waals surface area contributed by atoms with Gasteiger partial charge in [0.15, 0.2) is 0 Å². The number of nitrogens with one attached hydrogen (secondary N) is 1. The highest BCUT2D eigenvalue weighted by molar-refractivity contribution is 5.84. The summed E-state index contributed by atoms with van der Waals surface area (Å²) in [6, 6.07) is 0. The number of ether oxygens (including phenoxy) is 2. The van der Waals surface area contributed by atoms with E-state index in [0.717, 1.165) is 0 Å². The SMILES string of the molecule is CCOCCc1nc(C(=O)OCC)n[nH]1. The van der Waals surface area contributed by atoms with Gasteiger partial charge >= 0.3 is 5.97 Å². The van der Waals surface area contributed by atoms with Crippen molar-refractivity contribution in [2.75, 3.05) is 19.8 Å². The second-order valence-corrected chi connectivity index (χ2v) is 2.77. The summed E-state index contributed by atoms with van der Waals surface area (Å²) in [4.78, 5) is 15.2. The maximum Gasteiger partial charge on any atom is 0.378 e. The molecule has 84 valence electrons. The predicted molar refractivity (Wildman–Crippen MR) is 52.5 cm³/mol. The van der Waals surface area contributed by atoms with Gasteiger partial charge in [0, 0.05) is 13.0 Å². The largest absolute Gasteiger partial charge is 0.460 e. The van der Waals surface area contributed by atoms with Gasteiger partial charge < -0.3 is 9.47 Å². The van der Waals surface area contributed by atoms with Crippen molar-refractivity contribution in [3.05, 3.63) is 11.6 Å². The molecule has 0 aliphatic carbocycles. The molecular formula is C9H15N3O3. The Labute approximate surface area is 88.0 Å². The van der Waals surface area contributed by atoms with Crippen LogP contribution in [0.2, 0.25) is 0 Å². The van der Waals surface area contributed by atoms with Crippen LogP contribution in [0.15, 0.2) is 0 Å². The Hall–Kier alpha value is -1.43. The highest BCUT2D eigenvalue weighted by atomic mass is 16.5. The molecule has 0 fully saturated rings. The van der Waals surface area contributed by atoms with Crippen molar-refractivity contribution < 1.29 is 14.3 Å². The average Bonchev–Trinajstić information content (AvgIpc) is 2.67. The lowest BCUT2D eigenvalue weighted by atomic mass is 10.4. The van der Waals surface area contributed by atoms with Crippen LogP contribution in [0.1, 0.15) is 30.3 Å². The molecule has 6 heteroatoms. The van der Waals surface area contributed by atoms with Crippen LogP contribution in [0.25, 0.3) is 0 Å². The van der Waals surface area contributed by atoms with E-state index < -0.39 is 5.97 Å². The van der Waals surface area contributed by atoms with Crippen LogP contribution in [0, 0.1) is 0 Å². The van der Waals surface area contributed by atoms with E-state index in [1.54, 1.807) is 6.92 Å². The zero-order valence-electron chi connectivity index (χ0n) is 8.95. The highest BCUT2D eigenvalue weighted by Gasteiger charge is 2.12. The Balaban J connectivity index is 2.45. The molecule has 15 heavy (non-hydrogen) atoms. The molecule has 0 amide bonds. The van der Waals surface area contributed by atoms with Crippen molar-refractivity contribution >= 4 is 5.97 Å². The first-order valence-electron chi connectivity index (χ1n) is 4.94. The molecule has 1 N–H and O–H groups in total. The Kier molecular flexibility index (Phi) is 4.76. The fraction of sp³-hybridized carbons (Fsp3) is 0.667. The van der Waals surface area contributed by atoms with E-state index in [1.807, 2.05) is 6.92 Å². The van der Waals surface area contributed by atoms with E-state index in [0.29, 0.717) is 32.1 Å². The van der Waals surface area contributed by atoms with Gasteiger partial charge in [-0.1, -0.05) is 0 Å². The topological polar surface area (TPSA) is 77.1 Å². The molecule has 0 unspecified atom stereocenters. The number of hydrogen-bond acceptors (Lipinski definition) is 5. The minimum atomic E-state index is -0.503. The predicted octanol–water partition coefficient (Wildman–Crippen LogP) is 0.560. The number of aromatic amines is 1. The monoisotopic (exact) mass is 213 g/mol. The third-order valence-electron chi connectivity index (χ3n) is 1.68. The summed E-state index contributed by atoms with van der Waals surface area (Å²) in [7, 11) is 0. The summed E-state index contributed by atoms with van der Waals surface area (Å²) in [5, 5.41) is 6.41. The van der Waals surface area contributed by atoms with Crippen molar-refractivity contribution in [1.29, 1.82) is 0 Å². The van der Waals surface area contributed by atoms with Crippen molar-refractivity contribution in [3.63, 3.8) is 0 Å². The first-order chi connectivity index (χ1) is 7.27. The molecule has 1 rings (SSSR count). The smallest absolute Gasteiger partial charge is 0.378 e. The average molecular weight is 213 g/mol. The maximum atomic E-state index is 11.2. The summed E-state index contributed by atoms with van der Waals surface area (Å²) in [5.74, 6) is 0.200. The zero-order valence-corrected chi connectivity index (χ0v) is 8.95. The molecule has 1 heterocycles. The lowest BCUT2D eigenvalue weighted by Crippen LogP contribution is -2.07. The maximum absolute atomic E-state index is 11.2. The van der Waals surface area contributed by atoms with Gasteiger partial charge in [-0.2, -0.15) is 0 Å². The molecule has 0 saturated carbocycles. The van der Waals surface area contributed by atoms with Gasteiger partial charge in [-0.3, -0.25) is 5.10 Å². The first-order valence-corrected chi connectivity index (χ1v) is 4.94. The van der Waals surface area contributed by atoms with Gasteiger partial charge in [-0.25, -0.2) is 9.78 Å². The Bertz CT molecular complexity index is 311. The lowest BCUT2D eigenvalue weighted by Gasteiger charge is -1.96. The molecule has 1 aromatic heterocycles. The second kappa shape index (κ2) is 6.13. The lowest BCUT2D eigenvalue weighted by molar-refractivity contribution is 0.0512. The number of H-pyrrole nitrogens is 1. The minimum Gasteiger partial charge on any atom is -0.460 e. The van der Waals surface area contributed by atoms with Crippen LogP contribution < -0.4 is 0 Å². The van der Waals surface area contributed by atoms with Crippen molar-refractivity contribution in [2.45, 2.75) is 20.3 Å². The number of carbonyl (C=O) groups is 1. The number of hydrogen-bond donors (Lipinski definition) is 1. The number of nitrogens with zero attached hydrogens (tertiary/aromatic N) is 2. The molecule has 0 spiro atoms. The molecular weight excluding hydrogens is 198 g/mol. The summed E-state index contributed by atoms with van der Waals surface area (Å²) >= 11 is 0. The first kappa shape index (κ1) is 11.6. The van der Waals surface area contributed by atoms with E-state index in [4.69, 9.17) is 9.47 Å². The van der Waals surface area contributed by atoms with E-state index in [2.05, 4.69) is 15.2 Å². The molecule has 1 aromatic rings. The number of esters is 1. The molecule has 0 aromatic carbocycles. The van der Waals surface area contributed by atoms with Crippen molar-refractivity contribution in [1.82, 2.24) is 15.2 Å². The van der Waals surface area contributed by atoms with E-state index in [-0.39, 0.29) is 5.82 Å². The Morgan fingerprint density at radius 2 is 2.20 bits per heavy atom. The van der Waals surface area contributed by atoms with Crippen LogP contribution in [0.5, 0.6) is 0 Å². The van der Waals surface area contributed by atoms with Crippen LogP contribution in [-0.4, -0.2) is 41.0 Å². The fourth-order valence-corrected chi connectivity index (χ4v) is 1.01. The van der Waals surface area contributed by atoms with E-state index in [1.165, 1.54) is 0 Å². The van der Waals surface area contributed by atoms with Crippen molar-refractivity contribution in [3.8, 4) is 0 Å². The molecule has 0 atom stereocenters. The van der Waals surface area contributed by atoms with Gasteiger partial charge in [0.25, 0.3) is 5.82 Å². The molecule has 0 bridgehead atoms. The van der Waals surface area contributed by atoms with Gasteiger partial charge in [-0.05, 0) is 13.8 Å². The van der Waals surface area contributed by atoms with Crippen LogP contribution in [0.3, 0.4) is 0 Å². The van der Waals surface area contributed by atoms with Gasteiger partial charge in [0.1, 0.15) is 5.82 Å².